The van der Waals surface area contributed by atoms with Gasteiger partial charge in [-0.25, -0.2) is 4.79 Å². The summed E-state index contributed by atoms with van der Waals surface area (Å²) in [6.45, 7) is 14.9. The monoisotopic (exact) mass is 254 g/mol. The van der Waals surface area contributed by atoms with Crippen molar-refractivity contribution in [2.24, 2.45) is 11.3 Å². The van der Waals surface area contributed by atoms with E-state index in [0.717, 1.165) is 12.8 Å². The molecule has 0 aromatic carbocycles. The van der Waals surface area contributed by atoms with Crippen LogP contribution in [-0.2, 0) is 9.53 Å². The van der Waals surface area contributed by atoms with Crippen molar-refractivity contribution >= 4 is 5.97 Å². The topological polar surface area (TPSA) is 26.3 Å². The first-order valence-corrected chi connectivity index (χ1v) is 7.21. The molecule has 1 atom stereocenters. The van der Waals surface area contributed by atoms with Gasteiger partial charge in [0.1, 0.15) is 0 Å². The van der Waals surface area contributed by atoms with Crippen molar-refractivity contribution in [1.29, 1.82) is 0 Å². The Kier molecular flexibility index (Phi) is 7.97. The van der Waals surface area contributed by atoms with E-state index in [4.69, 9.17) is 4.74 Å². The number of hydrogen-bond donors (Lipinski definition) is 0. The number of esters is 1. The van der Waals surface area contributed by atoms with Crippen molar-refractivity contribution in [3.63, 3.8) is 0 Å². The summed E-state index contributed by atoms with van der Waals surface area (Å²) in [6.07, 6.45) is 5.77. The van der Waals surface area contributed by atoms with Crippen LogP contribution in [0.25, 0.3) is 0 Å². The molecule has 0 amide bonds. The van der Waals surface area contributed by atoms with E-state index < -0.39 is 0 Å². The highest BCUT2D eigenvalue weighted by Crippen LogP contribution is 2.35. The summed E-state index contributed by atoms with van der Waals surface area (Å²) in [4.78, 5) is 11.3. The van der Waals surface area contributed by atoms with Crippen LogP contribution in [0.3, 0.4) is 0 Å². The molecule has 0 saturated carbocycles. The molecule has 0 aliphatic heterocycles. The highest BCUT2D eigenvalue weighted by atomic mass is 16.5. The molecule has 0 aliphatic rings. The fourth-order valence-electron chi connectivity index (χ4n) is 2.13. The van der Waals surface area contributed by atoms with Crippen molar-refractivity contribution in [3.8, 4) is 0 Å². The highest BCUT2D eigenvalue weighted by molar-refractivity contribution is 5.86. The maximum Gasteiger partial charge on any atom is 0.333 e. The van der Waals surface area contributed by atoms with Crippen LogP contribution < -0.4 is 0 Å². The van der Waals surface area contributed by atoms with Crippen LogP contribution in [0.5, 0.6) is 0 Å². The van der Waals surface area contributed by atoms with Gasteiger partial charge >= 0.3 is 5.97 Å². The molecule has 18 heavy (non-hydrogen) atoms. The number of carbonyl (C=O) groups excluding carboxylic acids is 1. The highest BCUT2D eigenvalue weighted by Gasteiger charge is 2.23. The minimum absolute atomic E-state index is 0.265. The molecule has 0 radical (unpaired) electrons. The predicted molar refractivity (Wildman–Crippen MR) is 77.5 cm³/mol. The summed E-state index contributed by atoms with van der Waals surface area (Å²) in [5.74, 6) is 0.381. The molecule has 1 unspecified atom stereocenters. The Bertz CT molecular complexity index is 264. The Morgan fingerprint density at radius 1 is 1.28 bits per heavy atom. The van der Waals surface area contributed by atoms with Gasteiger partial charge in [0.25, 0.3) is 0 Å². The molecule has 0 fully saturated rings. The minimum atomic E-state index is -0.265. The van der Waals surface area contributed by atoms with Crippen molar-refractivity contribution in [2.45, 2.75) is 66.7 Å². The normalized spacial score (nSPS) is 13.2. The van der Waals surface area contributed by atoms with Crippen LogP contribution >= 0.6 is 0 Å². The lowest BCUT2D eigenvalue weighted by Crippen LogP contribution is -2.20. The van der Waals surface area contributed by atoms with E-state index in [0.29, 0.717) is 23.5 Å². The third-order valence-corrected chi connectivity index (χ3v) is 4.17. The molecule has 0 saturated heterocycles. The maximum atomic E-state index is 11.3. The Balaban J connectivity index is 4.12. The van der Waals surface area contributed by atoms with E-state index in [9.17, 15) is 4.79 Å². The number of hydrogen-bond acceptors (Lipinski definition) is 2. The zero-order chi connectivity index (χ0) is 14.2. The van der Waals surface area contributed by atoms with Crippen LogP contribution in [0, 0.1) is 11.3 Å². The fraction of sp³-hybridized carbons (Fsp3) is 0.812. The van der Waals surface area contributed by atoms with Gasteiger partial charge in [0.05, 0.1) is 6.61 Å². The quantitative estimate of drug-likeness (QED) is 0.439. The summed E-state index contributed by atoms with van der Waals surface area (Å²) in [6, 6.07) is 0. The smallest absolute Gasteiger partial charge is 0.333 e. The number of ether oxygens (including phenoxy) is 1. The van der Waals surface area contributed by atoms with Gasteiger partial charge in [-0.15, -0.1) is 0 Å². The first-order valence-electron chi connectivity index (χ1n) is 7.21. The second kappa shape index (κ2) is 8.34. The lowest BCUT2D eigenvalue weighted by Gasteiger charge is -2.31. The zero-order valence-electron chi connectivity index (χ0n) is 12.8. The van der Waals surface area contributed by atoms with Gasteiger partial charge in [-0.1, -0.05) is 53.5 Å². The minimum Gasteiger partial charge on any atom is -0.462 e. The molecule has 0 spiro atoms. The Morgan fingerprint density at radius 3 is 2.22 bits per heavy atom. The summed E-state index contributed by atoms with van der Waals surface area (Å²) in [5.41, 5.74) is 0.911. The Hall–Kier alpha value is -0.790. The standard InChI is InChI=1S/C16H30O2/c1-7-14(12-16(6,8-2)9-3)10-11-18-15(17)13(4)5/h14H,4,7-12H2,1-3,5-6H3. The summed E-state index contributed by atoms with van der Waals surface area (Å²) >= 11 is 0. The van der Waals surface area contributed by atoms with E-state index in [-0.39, 0.29) is 5.97 Å². The van der Waals surface area contributed by atoms with E-state index in [1.165, 1.54) is 19.3 Å². The van der Waals surface area contributed by atoms with Gasteiger partial charge in [-0.3, -0.25) is 0 Å². The van der Waals surface area contributed by atoms with Crippen molar-refractivity contribution in [2.75, 3.05) is 6.61 Å². The molecular weight excluding hydrogens is 224 g/mol. The van der Waals surface area contributed by atoms with Gasteiger partial charge < -0.3 is 4.74 Å². The summed E-state index contributed by atoms with van der Waals surface area (Å²) in [5, 5.41) is 0. The molecule has 2 heteroatoms. The van der Waals surface area contributed by atoms with Gasteiger partial charge in [-0.2, -0.15) is 0 Å². The molecule has 2 nitrogen and oxygen atoms in total. The SMILES string of the molecule is C=C(C)C(=O)OCCC(CC)CC(C)(CC)CC. The van der Waals surface area contributed by atoms with E-state index in [2.05, 4.69) is 34.3 Å². The van der Waals surface area contributed by atoms with Gasteiger partial charge in [0.2, 0.25) is 0 Å². The molecule has 0 N–H and O–H groups in total. The molecule has 0 aromatic heterocycles. The Labute approximate surface area is 113 Å². The van der Waals surface area contributed by atoms with Crippen molar-refractivity contribution in [1.82, 2.24) is 0 Å². The Morgan fingerprint density at radius 2 is 1.83 bits per heavy atom. The van der Waals surface area contributed by atoms with Crippen LogP contribution in [0.2, 0.25) is 0 Å². The van der Waals surface area contributed by atoms with Crippen LogP contribution in [0.1, 0.15) is 66.7 Å². The van der Waals surface area contributed by atoms with Crippen molar-refractivity contribution < 1.29 is 9.53 Å². The van der Waals surface area contributed by atoms with E-state index >= 15 is 0 Å². The largest absolute Gasteiger partial charge is 0.462 e. The first kappa shape index (κ1) is 17.2. The molecule has 0 aliphatic carbocycles. The second-order valence-corrected chi connectivity index (χ2v) is 5.70. The first-order chi connectivity index (χ1) is 8.38. The third-order valence-electron chi connectivity index (χ3n) is 4.17. The van der Waals surface area contributed by atoms with Crippen LogP contribution in [0.15, 0.2) is 12.2 Å². The zero-order valence-corrected chi connectivity index (χ0v) is 12.8. The average molecular weight is 254 g/mol. The van der Waals surface area contributed by atoms with Gasteiger partial charge in [0.15, 0.2) is 0 Å². The predicted octanol–water partition coefficient (Wildman–Crippen LogP) is 4.74. The van der Waals surface area contributed by atoms with Crippen LogP contribution in [-0.4, -0.2) is 12.6 Å². The number of carbonyl (C=O) groups is 1. The summed E-state index contributed by atoms with van der Waals surface area (Å²) in [7, 11) is 0. The third kappa shape index (κ3) is 6.23. The van der Waals surface area contributed by atoms with Crippen molar-refractivity contribution in [3.05, 3.63) is 12.2 Å². The van der Waals surface area contributed by atoms with Gasteiger partial charge in [-0.05, 0) is 31.1 Å². The van der Waals surface area contributed by atoms with E-state index in [1.54, 1.807) is 6.92 Å². The van der Waals surface area contributed by atoms with Gasteiger partial charge in [0, 0.05) is 5.57 Å². The van der Waals surface area contributed by atoms with Crippen LogP contribution in [0.4, 0.5) is 0 Å². The molecular formula is C16H30O2. The maximum absolute atomic E-state index is 11.3. The molecule has 106 valence electrons. The second-order valence-electron chi connectivity index (χ2n) is 5.70. The molecule has 0 rings (SSSR count). The lowest BCUT2D eigenvalue weighted by atomic mass is 9.75. The average Bonchev–Trinajstić information content (AvgIpc) is 2.36. The number of rotatable bonds is 9. The summed E-state index contributed by atoms with van der Waals surface area (Å²) < 4.78 is 5.18. The molecule has 0 heterocycles. The molecule has 0 aromatic rings. The van der Waals surface area contributed by atoms with E-state index in [1.807, 2.05) is 0 Å². The molecule has 0 bridgehead atoms. The fourth-order valence-corrected chi connectivity index (χ4v) is 2.13. The lowest BCUT2D eigenvalue weighted by molar-refractivity contribution is -0.139.